The molecule has 3 nitrogen and oxygen atoms in total. The summed E-state index contributed by atoms with van der Waals surface area (Å²) in [6, 6.07) is 0. The molecule has 28 heavy (non-hydrogen) atoms. The number of ether oxygens (including phenoxy) is 2. The van der Waals surface area contributed by atoms with Gasteiger partial charge in [0.2, 0.25) is 0 Å². The largest absolute Gasteiger partial charge is 0.393 e. The van der Waals surface area contributed by atoms with Crippen LogP contribution in [-0.2, 0) is 9.47 Å². The molecular formula is C25H42O3. The van der Waals surface area contributed by atoms with Crippen molar-refractivity contribution in [2.75, 3.05) is 13.9 Å². The normalized spacial score (nSPS) is 55.7. The average molecular weight is 391 g/mol. The van der Waals surface area contributed by atoms with Crippen molar-refractivity contribution in [1.29, 1.82) is 0 Å². The lowest BCUT2D eigenvalue weighted by molar-refractivity contribution is -0.195. The number of methoxy groups -OCH3 is 1. The smallest absolute Gasteiger partial charge is 0.146 e. The first-order valence-corrected chi connectivity index (χ1v) is 12.2. The molecule has 0 amide bonds. The van der Waals surface area contributed by atoms with Gasteiger partial charge in [-0.3, -0.25) is 0 Å². The van der Waals surface area contributed by atoms with Crippen LogP contribution in [-0.4, -0.2) is 31.2 Å². The van der Waals surface area contributed by atoms with Crippen LogP contribution in [0, 0.1) is 39.9 Å². The van der Waals surface area contributed by atoms with E-state index in [1.165, 1.54) is 70.6 Å². The molecule has 5 aliphatic rings. The van der Waals surface area contributed by atoms with Gasteiger partial charge in [-0.2, -0.15) is 0 Å². The Hall–Kier alpha value is -0.120. The molecule has 6 unspecified atom stereocenters. The van der Waals surface area contributed by atoms with Gasteiger partial charge in [0.15, 0.2) is 0 Å². The summed E-state index contributed by atoms with van der Waals surface area (Å²) in [5.74, 6) is 3.32. The van der Waals surface area contributed by atoms with Crippen molar-refractivity contribution in [2.45, 2.75) is 103 Å². The van der Waals surface area contributed by atoms with Crippen LogP contribution in [0.4, 0.5) is 0 Å². The second kappa shape index (κ2) is 6.95. The molecule has 0 aliphatic heterocycles. The zero-order chi connectivity index (χ0) is 19.6. The fourth-order valence-electron chi connectivity index (χ4n) is 9.66. The summed E-state index contributed by atoms with van der Waals surface area (Å²) in [6.45, 7) is 5.67. The van der Waals surface area contributed by atoms with Gasteiger partial charge in [-0.1, -0.05) is 20.3 Å². The summed E-state index contributed by atoms with van der Waals surface area (Å²) in [5, 5.41) is 10.8. The van der Waals surface area contributed by atoms with Crippen LogP contribution >= 0.6 is 0 Å². The Morgan fingerprint density at radius 3 is 2.50 bits per heavy atom. The zero-order valence-corrected chi connectivity index (χ0v) is 18.4. The van der Waals surface area contributed by atoms with Gasteiger partial charge in [-0.05, 0) is 111 Å². The Balaban J connectivity index is 1.39. The number of aliphatic hydroxyl groups is 1. The van der Waals surface area contributed by atoms with Crippen LogP contribution < -0.4 is 0 Å². The first-order valence-electron chi connectivity index (χ1n) is 12.2. The number of aliphatic hydroxyl groups excluding tert-OH is 1. The Morgan fingerprint density at radius 1 is 0.857 bits per heavy atom. The maximum atomic E-state index is 10.8. The van der Waals surface area contributed by atoms with Crippen LogP contribution in [0.2, 0.25) is 0 Å². The van der Waals surface area contributed by atoms with Gasteiger partial charge in [-0.15, -0.1) is 0 Å². The van der Waals surface area contributed by atoms with Crippen molar-refractivity contribution in [3.63, 3.8) is 0 Å². The average Bonchev–Trinajstić information content (AvgIpc) is 3.08. The first kappa shape index (κ1) is 19.8. The highest BCUT2D eigenvalue weighted by atomic mass is 16.7. The molecule has 0 bridgehead atoms. The molecule has 5 saturated carbocycles. The number of fused-ring (bicyclic) bond motifs is 4. The summed E-state index contributed by atoms with van der Waals surface area (Å²) in [7, 11) is 1.73. The van der Waals surface area contributed by atoms with Gasteiger partial charge in [0.05, 0.1) is 12.2 Å². The molecule has 1 N–H and O–H groups in total. The van der Waals surface area contributed by atoms with E-state index in [2.05, 4.69) is 13.8 Å². The molecule has 5 rings (SSSR count). The fourth-order valence-corrected chi connectivity index (χ4v) is 9.66. The van der Waals surface area contributed by atoms with E-state index in [1.807, 2.05) is 0 Å². The minimum atomic E-state index is -0.00637. The minimum absolute atomic E-state index is 0.00637. The lowest BCUT2D eigenvalue weighted by Crippen LogP contribution is -2.59. The predicted molar refractivity (Wildman–Crippen MR) is 111 cm³/mol. The Morgan fingerprint density at radius 2 is 1.68 bits per heavy atom. The van der Waals surface area contributed by atoms with Crippen molar-refractivity contribution in [2.24, 2.45) is 39.9 Å². The molecule has 1 spiro atoms. The van der Waals surface area contributed by atoms with E-state index in [9.17, 15) is 5.11 Å². The topological polar surface area (TPSA) is 38.7 Å². The standard InChI is InChI=1S/C25H42O3/c1-23-12-9-18-19(24(23,2)13-8-17(15-23)28-16-27-3)10-14-25-11-4-5-22(26)21(25)7-6-20(18)25/h17-22,26H,4-16H2,1-3H3/t17-,18?,19?,20?,21?,22?,23?,24-,25+/m1/s1. The van der Waals surface area contributed by atoms with Crippen LogP contribution in [0.25, 0.3) is 0 Å². The molecule has 9 atom stereocenters. The van der Waals surface area contributed by atoms with Crippen molar-refractivity contribution in [1.82, 2.24) is 0 Å². The third-order valence-corrected chi connectivity index (χ3v) is 11.1. The van der Waals surface area contributed by atoms with Crippen LogP contribution in [0.15, 0.2) is 0 Å². The van der Waals surface area contributed by atoms with E-state index in [-0.39, 0.29) is 6.10 Å². The molecule has 160 valence electrons. The van der Waals surface area contributed by atoms with E-state index in [4.69, 9.17) is 9.47 Å². The fraction of sp³-hybridized carbons (Fsp3) is 1.00. The quantitative estimate of drug-likeness (QED) is 0.642. The third-order valence-electron chi connectivity index (χ3n) is 11.1. The monoisotopic (exact) mass is 390 g/mol. The van der Waals surface area contributed by atoms with Crippen molar-refractivity contribution in [3.8, 4) is 0 Å². The lowest BCUT2D eigenvalue weighted by Gasteiger charge is -2.66. The number of hydrogen-bond donors (Lipinski definition) is 1. The van der Waals surface area contributed by atoms with E-state index in [1.54, 1.807) is 7.11 Å². The molecule has 0 radical (unpaired) electrons. The van der Waals surface area contributed by atoms with Crippen LogP contribution in [0.3, 0.4) is 0 Å². The summed E-state index contributed by atoms with van der Waals surface area (Å²) >= 11 is 0. The van der Waals surface area contributed by atoms with Gasteiger partial charge in [0, 0.05) is 7.11 Å². The highest BCUT2D eigenvalue weighted by Gasteiger charge is 2.65. The highest BCUT2D eigenvalue weighted by molar-refractivity contribution is 5.14. The minimum Gasteiger partial charge on any atom is -0.393 e. The molecule has 0 aromatic rings. The van der Waals surface area contributed by atoms with Gasteiger partial charge < -0.3 is 14.6 Å². The number of hydrogen-bond acceptors (Lipinski definition) is 3. The van der Waals surface area contributed by atoms with Crippen molar-refractivity contribution < 1.29 is 14.6 Å². The van der Waals surface area contributed by atoms with Crippen LogP contribution in [0.1, 0.15) is 90.9 Å². The summed E-state index contributed by atoms with van der Waals surface area (Å²) in [4.78, 5) is 0. The number of rotatable bonds is 3. The van der Waals surface area contributed by atoms with Gasteiger partial charge in [0.25, 0.3) is 0 Å². The zero-order valence-electron chi connectivity index (χ0n) is 18.4. The Bertz CT molecular complexity index is 592. The van der Waals surface area contributed by atoms with Crippen molar-refractivity contribution >= 4 is 0 Å². The molecule has 5 fully saturated rings. The van der Waals surface area contributed by atoms with Crippen molar-refractivity contribution in [3.05, 3.63) is 0 Å². The Labute approximate surface area is 171 Å². The third kappa shape index (κ3) is 2.64. The van der Waals surface area contributed by atoms with E-state index >= 15 is 0 Å². The van der Waals surface area contributed by atoms with E-state index in [0.29, 0.717) is 35.1 Å². The van der Waals surface area contributed by atoms with Gasteiger partial charge in [-0.25, -0.2) is 0 Å². The molecule has 5 aliphatic carbocycles. The SMILES string of the molecule is COCO[C@@H]1CC[C@]2(C)C3CC[C@]45CCCC(O)C4CCC5C3CCC2(C)C1. The second-order valence-electron chi connectivity index (χ2n) is 11.7. The van der Waals surface area contributed by atoms with Crippen LogP contribution in [0.5, 0.6) is 0 Å². The summed E-state index contributed by atoms with van der Waals surface area (Å²) in [6.07, 6.45) is 16.2. The van der Waals surface area contributed by atoms with E-state index in [0.717, 1.165) is 24.2 Å². The Kier molecular flexibility index (Phi) is 4.92. The maximum absolute atomic E-state index is 10.8. The van der Waals surface area contributed by atoms with Gasteiger partial charge in [0.1, 0.15) is 6.79 Å². The van der Waals surface area contributed by atoms with E-state index < -0.39 is 0 Å². The van der Waals surface area contributed by atoms with Gasteiger partial charge >= 0.3 is 0 Å². The molecule has 0 heterocycles. The second-order valence-corrected chi connectivity index (χ2v) is 11.7. The summed E-state index contributed by atoms with van der Waals surface area (Å²) < 4.78 is 11.2. The lowest BCUT2D eigenvalue weighted by atomic mass is 9.39. The predicted octanol–water partition coefficient (Wildman–Crippen LogP) is 5.55. The first-order chi connectivity index (χ1) is 13.4. The molecule has 3 heteroatoms. The molecule has 0 aromatic carbocycles. The summed E-state index contributed by atoms with van der Waals surface area (Å²) in [5.41, 5.74) is 1.39. The molecule has 0 aromatic heterocycles. The molecular weight excluding hydrogens is 348 g/mol. The maximum Gasteiger partial charge on any atom is 0.146 e. The molecule has 0 saturated heterocycles. The highest BCUT2D eigenvalue weighted by Crippen LogP contribution is 2.72.